The van der Waals surface area contributed by atoms with E-state index < -0.39 is 6.10 Å². The second-order valence-electron chi connectivity index (χ2n) is 5.47. The molecule has 1 heterocycles. The number of carbonyl (C=O) groups is 1. The van der Waals surface area contributed by atoms with Gasteiger partial charge in [-0.1, -0.05) is 34.1 Å². The molecule has 0 radical (unpaired) electrons. The van der Waals surface area contributed by atoms with Gasteiger partial charge in [-0.3, -0.25) is 10.1 Å². The maximum atomic E-state index is 12.4. The molecule has 134 valence electrons. The van der Waals surface area contributed by atoms with Crippen molar-refractivity contribution in [2.45, 2.75) is 13.0 Å². The van der Waals surface area contributed by atoms with Crippen molar-refractivity contribution in [3.63, 3.8) is 0 Å². The average Bonchev–Trinajstić information content (AvgIpc) is 3.11. The van der Waals surface area contributed by atoms with Crippen molar-refractivity contribution >= 4 is 38.3 Å². The molecule has 7 heteroatoms. The van der Waals surface area contributed by atoms with Gasteiger partial charge >= 0.3 is 0 Å². The number of ether oxygens (including phenoxy) is 2. The number of carbonyl (C=O) groups excluding carboxylic acids is 1. The Morgan fingerprint density at radius 1 is 1.19 bits per heavy atom. The van der Waals surface area contributed by atoms with Crippen LogP contribution in [0.4, 0.5) is 5.13 Å². The molecule has 5 nitrogen and oxygen atoms in total. The summed E-state index contributed by atoms with van der Waals surface area (Å²) in [5.74, 6) is 0.986. The van der Waals surface area contributed by atoms with Crippen molar-refractivity contribution < 1.29 is 14.3 Å². The Balaban J connectivity index is 1.63. The van der Waals surface area contributed by atoms with Gasteiger partial charge in [-0.2, -0.15) is 0 Å². The summed E-state index contributed by atoms with van der Waals surface area (Å²) in [6, 6.07) is 15.0. The van der Waals surface area contributed by atoms with Gasteiger partial charge in [0.15, 0.2) is 11.2 Å². The molecule has 1 atom stereocenters. The van der Waals surface area contributed by atoms with Crippen LogP contribution in [-0.2, 0) is 4.79 Å². The fraction of sp³-hybridized carbons (Fsp3) is 0.158. The SMILES string of the molecule is COc1cccc(OC(C)C(=O)Nc2nc(-c3ccc(Br)cc3)cs2)c1. The van der Waals surface area contributed by atoms with E-state index in [0.29, 0.717) is 16.6 Å². The topological polar surface area (TPSA) is 60.5 Å². The highest BCUT2D eigenvalue weighted by molar-refractivity contribution is 9.10. The first-order chi connectivity index (χ1) is 12.5. The summed E-state index contributed by atoms with van der Waals surface area (Å²) in [4.78, 5) is 16.8. The van der Waals surface area contributed by atoms with E-state index >= 15 is 0 Å². The molecule has 0 saturated heterocycles. The van der Waals surface area contributed by atoms with Crippen LogP contribution < -0.4 is 14.8 Å². The van der Waals surface area contributed by atoms with E-state index in [2.05, 4.69) is 26.2 Å². The molecule has 0 bridgehead atoms. The maximum absolute atomic E-state index is 12.4. The summed E-state index contributed by atoms with van der Waals surface area (Å²) in [7, 11) is 1.58. The van der Waals surface area contributed by atoms with Crippen molar-refractivity contribution in [2.24, 2.45) is 0 Å². The van der Waals surface area contributed by atoms with Gasteiger partial charge in [0.2, 0.25) is 0 Å². The largest absolute Gasteiger partial charge is 0.497 e. The van der Waals surface area contributed by atoms with Gasteiger partial charge < -0.3 is 9.47 Å². The van der Waals surface area contributed by atoms with Crippen LogP contribution in [0.5, 0.6) is 11.5 Å². The molecule has 0 aliphatic carbocycles. The van der Waals surface area contributed by atoms with Gasteiger partial charge in [-0.05, 0) is 31.2 Å². The monoisotopic (exact) mass is 432 g/mol. The lowest BCUT2D eigenvalue weighted by Gasteiger charge is -2.14. The molecule has 3 rings (SSSR count). The van der Waals surface area contributed by atoms with Gasteiger partial charge in [0, 0.05) is 21.5 Å². The summed E-state index contributed by atoms with van der Waals surface area (Å²) < 4.78 is 11.8. The smallest absolute Gasteiger partial charge is 0.266 e. The Hall–Kier alpha value is -2.38. The van der Waals surface area contributed by atoms with E-state index in [1.54, 1.807) is 26.2 Å². The molecule has 0 spiro atoms. The normalized spacial score (nSPS) is 11.7. The van der Waals surface area contributed by atoms with Crippen LogP contribution in [0.1, 0.15) is 6.92 Å². The zero-order valence-corrected chi connectivity index (χ0v) is 16.6. The van der Waals surface area contributed by atoms with Gasteiger partial charge in [0.05, 0.1) is 12.8 Å². The molecule has 1 aromatic heterocycles. The van der Waals surface area contributed by atoms with Crippen molar-refractivity contribution in [3.05, 3.63) is 58.4 Å². The lowest BCUT2D eigenvalue weighted by Crippen LogP contribution is -2.30. The highest BCUT2D eigenvalue weighted by Gasteiger charge is 2.17. The lowest BCUT2D eigenvalue weighted by atomic mass is 10.2. The number of amides is 1. The number of rotatable bonds is 6. The van der Waals surface area contributed by atoms with Gasteiger partial charge in [0.1, 0.15) is 11.5 Å². The minimum Gasteiger partial charge on any atom is -0.497 e. The predicted octanol–water partition coefficient (Wildman–Crippen LogP) is 4.99. The standard InChI is InChI=1S/C19H17BrN2O3S/c1-12(25-16-5-3-4-15(10-16)24-2)18(23)22-19-21-17(11-26-19)13-6-8-14(20)9-7-13/h3-12H,1-2H3,(H,21,22,23). The number of nitrogens with zero attached hydrogens (tertiary/aromatic N) is 1. The first-order valence-corrected chi connectivity index (χ1v) is 9.55. The second-order valence-corrected chi connectivity index (χ2v) is 7.25. The fourth-order valence-corrected chi connectivity index (χ4v) is 3.21. The van der Waals surface area contributed by atoms with E-state index in [4.69, 9.17) is 9.47 Å². The average molecular weight is 433 g/mol. The van der Waals surface area contributed by atoms with Crippen molar-refractivity contribution in [1.82, 2.24) is 4.98 Å². The Bertz CT molecular complexity index is 896. The second kappa shape index (κ2) is 8.33. The highest BCUT2D eigenvalue weighted by Crippen LogP contribution is 2.26. The number of benzene rings is 2. The van der Waals surface area contributed by atoms with E-state index in [1.165, 1.54) is 11.3 Å². The number of methoxy groups -OCH3 is 1. The fourth-order valence-electron chi connectivity index (χ4n) is 2.22. The molecule has 0 saturated carbocycles. The summed E-state index contributed by atoms with van der Waals surface area (Å²) in [6.07, 6.45) is -0.665. The van der Waals surface area contributed by atoms with Crippen LogP contribution in [0.15, 0.2) is 58.4 Å². The van der Waals surface area contributed by atoms with Gasteiger partial charge in [0.25, 0.3) is 5.91 Å². The molecule has 2 aromatic carbocycles. The third kappa shape index (κ3) is 4.62. The molecule has 0 fully saturated rings. The predicted molar refractivity (Wildman–Crippen MR) is 107 cm³/mol. The summed E-state index contributed by atoms with van der Waals surface area (Å²) in [5.41, 5.74) is 1.81. The van der Waals surface area contributed by atoms with Crippen molar-refractivity contribution in [1.29, 1.82) is 0 Å². The van der Waals surface area contributed by atoms with Crippen LogP contribution in [-0.4, -0.2) is 24.1 Å². The molecule has 26 heavy (non-hydrogen) atoms. The number of anilines is 1. The molecule has 0 aliphatic rings. The molecule has 1 amide bonds. The van der Waals surface area contributed by atoms with Gasteiger partial charge in [-0.25, -0.2) is 4.98 Å². The van der Waals surface area contributed by atoms with Crippen molar-refractivity contribution in [2.75, 3.05) is 12.4 Å². The van der Waals surface area contributed by atoms with E-state index in [9.17, 15) is 4.79 Å². The highest BCUT2D eigenvalue weighted by atomic mass is 79.9. The Morgan fingerprint density at radius 2 is 1.92 bits per heavy atom. The maximum Gasteiger partial charge on any atom is 0.266 e. The third-order valence-electron chi connectivity index (χ3n) is 3.60. The summed E-state index contributed by atoms with van der Waals surface area (Å²) >= 11 is 4.79. The molecule has 0 aliphatic heterocycles. The van der Waals surface area contributed by atoms with Crippen LogP contribution in [0.2, 0.25) is 0 Å². The van der Waals surface area contributed by atoms with E-state index in [0.717, 1.165) is 15.7 Å². The zero-order chi connectivity index (χ0) is 18.5. The van der Waals surface area contributed by atoms with Crippen LogP contribution in [0.3, 0.4) is 0 Å². The number of nitrogens with one attached hydrogen (secondary N) is 1. The third-order valence-corrected chi connectivity index (χ3v) is 4.88. The molecule has 1 unspecified atom stereocenters. The van der Waals surface area contributed by atoms with Crippen LogP contribution in [0.25, 0.3) is 11.3 Å². The number of hydrogen-bond acceptors (Lipinski definition) is 5. The van der Waals surface area contributed by atoms with Gasteiger partial charge in [-0.15, -0.1) is 11.3 Å². The molecular formula is C19H17BrN2O3S. The summed E-state index contributed by atoms with van der Waals surface area (Å²) in [6.45, 7) is 1.69. The number of thiazole rings is 1. The quantitative estimate of drug-likeness (QED) is 0.595. The Kier molecular flexibility index (Phi) is 5.90. The minimum atomic E-state index is -0.665. The van der Waals surface area contributed by atoms with Crippen molar-refractivity contribution in [3.8, 4) is 22.8 Å². The first-order valence-electron chi connectivity index (χ1n) is 7.88. The Labute approximate surface area is 164 Å². The number of hydrogen-bond donors (Lipinski definition) is 1. The first kappa shape index (κ1) is 18.4. The molecule has 1 N–H and O–H groups in total. The zero-order valence-electron chi connectivity index (χ0n) is 14.2. The molecular weight excluding hydrogens is 416 g/mol. The van der Waals surface area contributed by atoms with Crippen LogP contribution in [0, 0.1) is 0 Å². The van der Waals surface area contributed by atoms with E-state index in [1.807, 2.05) is 41.8 Å². The lowest BCUT2D eigenvalue weighted by molar-refractivity contribution is -0.122. The minimum absolute atomic E-state index is 0.260. The number of aromatic nitrogens is 1. The van der Waals surface area contributed by atoms with Crippen LogP contribution >= 0.6 is 27.3 Å². The number of halogens is 1. The summed E-state index contributed by atoms with van der Waals surface area (Å²) in [5, 5.41) is 5.24. The van der Waals surface area contributed by atoms with E-state index in [-0.39, 0.29) is 5.91 Å². The molecule has 3 aromatic rings. The Morgan fingerprint density at radius 3 is 2.65 bits per heavy atom.